The number of para-hydroxylation sites is 1. The molecular formula is C10H9FN2O3. The fourth-order valence-corrected chi connectivity index (χ4v) is 1.62. The summed E-state index contributed by atoms with van der Waals surface area (Å²) >= 11 is 0. The number of amides is 1. The topological polar surface area (TPSA) is 69.6 Å². The van der Waals surface area contributed by atoms with Crippen molar-refractivity contribution in [3.63, 3.8) is 0 Å². The smallest absolute Gasteiger partial charge is 0.323 e. The number of carbonyl (C=O) groups is 2. The molecule has 2 rings (SSSR count). The van der Waals surface area contributed by atoms with Gasteiger partial charge in [0.25, 0.3) is 0 Å². The maximum atomic E-state index is 13.4. The van der Waals surface area contributed by atoms with E-state index >= 15 is 0 Å². The first-order chi connectivity index (χ1) is 7.59. The maximum Gasteiger partial charge on any atom is 0.323 e. The number of anilines is 2. The summed E-state index contributed by atoms with van der Waals surface area (Å²) in [6, 6.07) is 4.19. The number of nitrogens with one attached hydrogen (secondary N) is 1. The highest BCUT2D eigenvalue weighted by Gasteiger charge is 2.27. The van der Waals surface area contributed by atoms with Gasteiger partial charge in [-0.1, -0.05) is 6.07 Å². The lowest BCUT2D eigenvalue weighted by molar-refractivity contribution is -0.136. The minimum absolute atomic E-state index is 0.0960. The number of hydrogen-bond donors (Lipinski definition) is 2. The van der Waals surface area contributed by atoms with Crippen molar-refractivity contribution in [1.29, 1.82) is 0 Å². The highest BCUT2D eigenvalue weighted by Crippen LogP contribution is 2.31. The van der Waals surface area contributed by atoms with Gasteiger partial charge in [0.1, 0.15) is 12.4 Å². The van der Waals surface area contributed by atoms with Crippen LogP contribution in [0.5, 0.6) is 0 Å². The van der Waals surface area contributed by atoms with Gasteiger partial charge in [0.2, 0.25) is 5.91 Å². The normalized spacial score (nSPS) is 14.3. The SMILES string of the molecule is O=C(O)CN1C(=O)CNc2c(F)cccc21. The van der Waals surface area contributed by atoms with Crippen LogP contribution < -0.4 is 10.2 Å². The number of halogens is 1. The molecule has 0 saturated heterocycles. The zero-order chi connectivity index (χ0) is 11.7. The Morgan fingerprint density at radius 1 is 1.56 bits per heavy atom. The second-order valence-electron chi connectivity index (χ2n) is 3.36. The van der Waals surface area contributed by atoms with E-state index in [1.54, 1.807) is 0 Å². The van der Waals surface area contributed by atoms with Crippen LogP contribution in [0.4, 0.5) is 15.8 Å². The first kappa shape index (κ1) is 10.4. The predicted molar refractivity (Wildman–Crippen MR) is 54.9 cm³/mol. The zero-order valence-corrected chi connectivity index (χ0v) is 8.24. The molecule has 0 saturated carbocycles. The fourth-order valence-electron chi connectivity index (χ4n) is 1.62. The molecule has 0 spiro atoms. The van der Waals surface area contributed by atoms with Gasteiger partial charge in [-0.25, -0.2) is 4.39 Å². The van der Waals surface area contributed by atoms with Crippen LogP contribution in [0.1, 0.15) is 0 Å². The number of rotatable bonds is 2. The second kappa shape index (κ2) is 3.80. The Labute approximate surface area is 90.5 Å². The molecule has 1 aromatic carbocycles. The molecule has 1 amide bonds. The van der Waals surface area contributed by atoms with Crippen LogP contribution in [0.3, 0.4) is 0 Å². The Hall–Kier alpha value is -2.11. The van der Waals surface area contributed by atoms with Crippen LogP contribution >= 0.6 is 0 Å². The van der Waals surface area contributed by atoms with Crippen LogP contribution in [-0.4, -0.2) is 30.1 Å². The zero-order valence-electron chi connectivity index (χ0n) is 8.24. The number of hydrogen-bond acceptors (Lipinski definition) is 3. The van der Waals surface area contributed by atoms with E-state index in [4.69, 9.17) is 5.11 Å². The van der Waals surface area contributed by atoms with Crippen molar-refractivity contribution >= 4 is 23.3 Å². The maximum absolute atomic E-state index is 13.4. The lowest BCUT2D eigenvalue weighted by atomic mass is 10.2. The van der Waals surface area contributed by atoms with Crippen LogP contribution in [0, 0.1) is 5.82 Å². The molecular weight excluding hydrogens is 215 g/mol. The fraction of sp³-hybridized carbons (Fsp3) is 0.200. The number of fused-ring (bicyclic) bond motifs is 1. The number of carbonyl (C=O) groups excluding carboxylic acids is 1. The molecule has 0 fully saturated rings. The molecule has 84 valence electrons. The second-order valence-corrected chi connectivity index (χ2v) is 3.36. The Kier molecular flexibility index (Phi) is 2.47. The largest absolute Gasteiger partial charge is 0.480 e. The standard InChI is InChI=1S/C10H9FN2O3/c11-6-2-1-3-7-10(6)12-4-8(14)13(7)5-9(15)16/h1-3,12H,4-5H2,(H,15,16). The Morgan fingerprint density at radius 2 is 2.31 bits per heavy atom. The summed E-state index contributed by atoms with van der Waals surface area (Å²) in [5.74, 6) is -2.02. The third-order valence-electron chi connectivity index (χ3n) is 2.29. The summed E-state index contributed by atoms with van der Waals surface area (Å²) in [7, 11) is 0. The van der Waals surface area contributed by atoms with Crippen molar-refractivity contribution < 1.29 is 19.1 Å². The Morgan fingerprint density at radius 3 is 3.00 bits per heavy atom. The van der Waals surface area contributed by atoms with Crippen LogP contribution in [0.2, 0.25) is 0 Å². The minimum atomic E-state index is -1.13. The molecule has 1 aromatic rings. The van der Waals surface area contributed by atoms with Gasteiger partial charge < -0.3 is 10.4 Å². The van der Waals surface area contributed by atoms with Crippen molar-refractivity contribution in [3.05, 3.63) is 24.0 Å². The van der Waals surface area contributed by atoms with E-state index in [-0.39, 0.29) is 23.8 Å². The first-order valence-corrected chi connectivity index (χ1v) is 4.64. The van der Waals surface area contributed by atoms with E-state index in [9.17, 15) is 14.0 Å². The van der Waals surface area contributed by atoms with E-state index in [2.05, 4.69) is 5.32 Å². The Balaban J connectivity index is 2.44. The summed E-state index contributed by atoms with van der Waals surface area (Å²) in [5.41, 5.74) is 0.432. The number of nitrogens with zero attached hydrogens (tertiary/aromatic N) is 1. The molecule has 0 atom stereocenters. The summed E-state index contributed by atoms with van der Waals surface area (Å²) in [6.07, 6.45) is 0. The van der Waals surface area contributed by atoms with Gasteiger partial charge in [-0.05, 0) is 12.1 Å². The first-order valence-electron chi connectivity index (χ1n) is 4.64. The monoisotopic (exact) mass is 224 g/mol. The molecule has 16 heavy (non-hydrogen) atoms. The molecule has 0 aromatic heterocycles. The number of benzene rings is 1. The average Bonchev–Trinajstić information content (AvgIpc) is 2.22. The minimum Gasteiger partial charge on any atom is -0.480 e. The molecule has 0 radical (unpaired) electrons. The molecule has 6 heteroatoms. The van der Waals surface area contributed by atoms with Gasteiger partial charge in [-0.2, -0.15) is 0 Å². The average molecular weight is 224 g/mol. The predicted octanol–water partition coefficient (Wildman–Crippen LogP) is 0.669. The molecule has 0 aliphatic carbocycles. The molecule has 1 aliphatic heterocycles. The molecule has 1 aliphatic rings. The number of carboxylic acid groups (broad SMARTS) is 1. The third kappa shape index (κ3) is 1.69. The van der Waals surface area contributed by atoms with Gasteiger partial charge in [0.15, 0.2) is 0 Å². The van der Waals surface area contributed by atoms with Crippen LogP contribution in [-0.2, 0) is 9.59 Å². The summed E-state index contributed by atoms with van der Waals surface area (Å²) in [5, 5.41) is 11.3. The van der Waals surface area contributed by atoms with Crippen molar-refractivity contribution in [2.75, 3.05) is 23.3 Å². The molecule has 1 heterocycles. The van der Waals surface area contributed by atoms with Gasteiger partial charge >= 0.3 is 5.97 Å². The van der Waals surface area contributed by atoms with Gasteiger partial charge in [-0.3, -0.25) is 14.5 Å². The van der Waals surface area contributed by atoms with Crippen molar-refractivity contribution in [1.82, 2.24) is 0 Å². The quantitative estimate of drug-likeness (QED) is 0.774. The molecule has 0 unspecified atom stereocenters. The molecule has 5 nitrogen and oxygen atoms in total. The summed E-state index contributed by atoms with van der Waals surface area (Å²) < 4.78 is 13.4. The van der Waals surface area contributed by atoms with Crippen molar-refractivity contribution in [3.8, 4) is 0 Å². The summed E-state index contributed by atoms with van der Waals surface area (Å²) in [4.78, 5) is 23.1. The van der Waals surface area contributed by atoms with E-state index in [1.165, 1.54) is 18.2 Å². The van der Waals surface area contributed by atoms with Gasteiger partial charge in [-0.15, -0.1) is 0 Å². The van der Waals surface area contributed by atoms with Gasteiger partial charge in [0, 0.05) is 0 Å². The third-order valence-corrected chi connectivity index (χ3v) is 2.29. The van der Waals surface area contributed by atoms with E-state index in [0.29, 0.717) is 0 Å². The summed E-state index contributed by atoms with van der Waals surface area (Å²) in [6.45, 7) is -0.557. The van der Waals surface area contributed by atoms with Gasteiger partial charge in [0.05, 0.1) is 17.9 Å². The molecule has 0 bridgehead atoms. The highest BCUT2D eigenvalue weighted by molar-refractivity contribution is 6.05. The van der Waals surface area contributed by atoms with E-state index in [0.717, 1.165) is 4.90 Å². The highest BCUT2D eigenvalue weighted by atomic mass is 19.1. The van der Waals surface area contributed by atoms with Crippen molar-refractivity contribution in [2.45, 2.75) is 0 Å². The lowest BCUT2D eigenvalue weighted by Crippen LogP contribution is -2.43. The van der Waals surface area contributed by atoms with Crippen LogP contribution in [0.15, 0.2) is 18.2 Å². The van der Waals surface area contributed by atoms with E-state index < -0.39 is 18.3 Å². The van der Waals surface area contributed by atoms with Crippen molar-refractivity contribution in [2.24, 2.45) is 0 Å². The molecule has 2 N–H and O–H groups in total. The lowest BCUT2D eigenvalue weighted by Gasteiger charge is -2.28. The van der Waals surface area contributed by atoms with Crippen LogP contribution in [0.25, 0.3) is 0 Å². The Bertz CT molecular complexity index is 461. The number of carboxylic acids is 1. The van der Waals surface area contributed by atoms with E-state index in [1.807, 2.05) is 0 Å². The number of aliphatic carboxylic acids is 1.